The van der Waals surface area contributed by atoms with Crippen LogP contribution >= 0.6 is 11.3 Å². The second kappa shape index (κ2) is 7.66. The molecule has 0 bridgehead atoms. The molecule has 9 heteroatoms. The molecule has 1 aromatic carbocycles. The molecule has 2 N–H and O–H groups in total. The number of rotatable bonds is 4. The Morgan fingerprint density at radius 1 is 1.38 bits per heavy atom. The highest BCUT2D eigenvalue weighted by Crippen LogP contribution is 2.26. The van der Waals surface area contributed by atoms with Crippen molar-refractivity contribution < 1.29 is 15.0 Å². The van der Waals surface area contributed by atoms with Crippen LogP contribution in [0.25, 0.3) is 10.2 Å². The van der Waals surface area contributed by atoms with Gasteiger partial charge in [0.05, 0.1) is 29.8 Å². The number of thiophene rings is 1. The fraction of sp³-hybridized carbons (Fsp3) is 0.300. The summed E-state index contributed by atoms with van der Waals surface area (Å²) in [6.07, 6.45) is 0.920. The first-order chi connectivity index (χ1) is 14.0. The Labute approximate surface area is 169 Å². The quantitative estimate of drug-likeness (QED) is 0.675. The van der Waals surface area contributed by atoms with E-state index in [0.717, 1.165) is 17.8 Å². The molecule has 3 aromatic rings. The molecule has 1 atom stereocenters. The van der Waals surface area contributed by atoms with Gasteiger partial charge in [0.1, 0.15) is 9.58 Å². The number of nitriles is 1. The molecule has 0 radical (unpaired) electrons. The second-order valence-corrected chi connectivity index (χ2v) is 8.00. The minimum absolute atomic E-state index is 0.0457. The van der Waals surface area contributed by atoms with Crippen LogP contribution in [0.2, 0.25) is 0 Å². The normalized spacial score (nSPS) is 16.7. The van der Waals surface area contributed by atoms with Crippen molar-refractivity contribution in [2.75, 3.05) is 18.0 Å². The number of hydrogen-bond donors (Lipinski definition) is 2. The van der Waals surface area contributed by atoms with Gasteiger partial charge in [-0.25, -0.2) is 9.78 Å². The number of aromatic carboxylic acids is 1. The van der Waals surface area contributed by atoms with Crippen molar-refractivity contribution in [1.29, 1.82) is 5.26 Å². The Hall–Kier alpha value is -3.22. The molecule has 0 spiro atoms. The van der Waals surface area contributed by atoms with Gasteiger partial charge in [0, 0.05) is 13.1 Å². The minimum atomic E-state index is -1.11. The number of aliphatic hydroxyl groups is 1. The van der Waals surface area contributed by atoms with Crippen LogP contribution in [0.5, 0.6) is 0 Å². The van der Waals surface area contributed by atoms with Gasteiger partial charge in [0.15, 0.2) is 0 Å². The standard InChI is InChI=1S/C20H18N4O4S/c21-9-12-4-1-2-5-13(12)10-24-18(26)17-15(8-16(29-17)19(27)28)22-20(24)23-7-3-6-14(25)11-23/h1-2,4-5,8,14,25H,3,6-7,10-11H2,(H,27,28). The Morgan fingerprint density at radius 3 is 2.90 bits per heavy atom. The summed E-state index contributed by atoms with van der Waals surface area (Å²) in [4.78, 5) is 31.1. The number of nitrogens with zero attached hydrogens (tertiary/aromatic N) is 4. The number of aliphatic hydroxyl groups excluding tert-OH is 1. The van der Waals surface area contributed by atoms with Crippen molar-refractivity contribution in [1.82, 2.24) is 9.55 Å². The number of carbonyl (C=O) groups is 1. The lowest BCUT2D eigenvalue weighted by Crippen LogP contribution is -2.42. The van der Waals surface area contributed by atoms with Crippen LogP contribution in [0.1, 0.15) is 33.6 Å². The number of hydrogen-bond acceptors (Lipinski definition) is 7. The minimum Gasteiger partial charge on any atom is -0.477 e. The summed E-state index contributed by atoms with van der Waals surface area (Å²) >= 11 is 0.894. The molecule has 3 heterocycles. The molecular formula is C20H18N4O4S. The number of anilines is 1. The summed E-state index contributed by atoms with van der Waals surface area (Å²) in [5.74, 6) is -0.729. The van der Waals surface area contributed by atoms with Crippen LogP contribution in [0.3, 0.4) is 0 Å². The fourth-order valence-corrected chi connectivity index (χ4v) is 4.45. The number of piperidine rings is 1. The van der Waals surface area contributed by atoms with Crippen LogP contribution < -0.4 is 10.5 Å². The molecule has 4 rings (SSSR count). The number of carboxylic acid groups (broad SMARTS) is 1. The maximum absolute atomic E-state index is 13.3. The van der Waals surface area contributed by atoms with Gasteiger partial charge >= 0.3 is 5.97 Å². The van der Waals surface area contributed by atoms with E-state index in [9.17, 15) is 25.1 Å². The van der Waals surface area contributed by atoms with Crippen molar-refractivity contribution in [2.45, 2.75) is 25.5 Å². The van der Waals surface area contributed by atoms with Gasteiger partial charge in [-0.05, 0) is 30.5 Å². The van der Waals surface area contributed by atoms with E-state index in [-0.39, 0.29) is 21.7 Å². The monoisotopic (exact) mass is 410 g/mol. The first-order valence-electron chi connectivity index (χ1n) is 9.16. The van der Waals surface area contributed by atoms with Gasteiger partial charge in [-0.15, -0.1) is 11.3 Å². The Bertz CT molecular complexity index is 1190. The van der Waals surface area contributed by atoms with E-state index in [4.69, 9.17) is 0 Å². The lowest BCUT2D eigenvalue weighted by Gasteiger charge is -2.32. The van der Waals surface area contributed by atoms with E-state index in [1.165, 1.54) is 10.6 Å². The van der Waals surface area contributed by atoms with Crippen LogP contribution in [0.4, 0.5) is 5.95 Å². The zero-order valence-electron chi connectivity index (χ0n) is 15.4. The van der Waals surface area contributed by atoms with Gasteiger partial charge in [-0.2, -0.15) is 5.26 Å². The second-order valence-electron chi connectivity index (χ2n) is 6.94. The Balaban J connectivity index is 1.90. The third-order valence-electron chi connectivity index (χ3n) is 4.97. The SMILES string of the molecule is N#Cc1ccccc1Cn1c(N2CCCC(O)C2)nc2cc(C(=O)O)sc2c1=O. The molecule has 0 saturated carbocycles. The number of aromatic nitrogens is 2. The molecule has 1 saturated heterocycles. The van der Waals surface area contributed by atoms with E-state index in [1.54, 1.807) is 24.3 Å². The summed E-state index contributed by atoms with van der Waals surface area (Å²) in [6.45, 7) is 1.10. The topological polar surface area (TPSA) is 119 Å². The largest absolute Gasteiger partial charge is 0.477 e. The zero-order chi connectivity index (χ0) is 20.5. The highest BCUT2D eigenvalue weighted by molar-refractivity contribution is 7.20. The van der Waals surface area contributed by atoms with Crippen molar-refractivity contribution >= 4 is 33.5 Å². The lowest BCUT2D eigenvalue weighted by atomic mass is 10.1. The van der Waals surface area contributed by atoms with E-state index in [1.807, 2.05) is 4.90 Å². The highest BCUT2D eigenvalue weighted by atomic mass is 32.1. The van der Waals surface area contributed by atoms with Gasteiger partial charge < -0.3 is 15.1 Å². The van der Waals surface area contributed by atoms with E-state index < -0.39 is 12.1 Å². The van der Waals surface area contributed by atoms with E-state index >= 15 is 0 Å². The average Bonchev–Trinajstić information content (AvgIpc) is 3.15. The Morgan fingerprint density at radius 2 is 2.17 bits per heavy atom. The van der Waals surface area contributed by atoms with Crippen LogP contribution in [0, 0.1) is 11.3 Å². The smallest absolute Gasteiger partial charge is 0.345 e. The molecule has 29 heavy (non-hydrogen) atoms. The first-order valence-corrected chi connectivity index (χ1v) is 9.98. The highest BCUT2D eigenvalue weighted by Gasteiger charge is 2.25. The summed E-state index contributed by atoms with van der Waals surface area (Å²) in [7, 11) is 0. The average molecular weight is 410 g/mol. The molecule has 2 aromatic heterocycles. The third kappa shape index (κ3) is 3.60. The fourth-order valence-electron chi connectivity index (χ4n) is 3.56. The maximum atomic E-state index is 13.3. The zero-order valence-corrected chi connectivity index (χ0v) is 16.2. The molecule has 1 aliphatic heterocycles. The van der Waals surface area contributed by atoms with Crippen molar-refractivity contribution in [3.8, 4) is 6.07 Å². The number of β-amino-alcohol motifs (C(OH)–C–C–N with tert-alkyl or cyclic N) is 1. The number of benzene rings is 1. The summed E-state index contributed by atoms with van der Waals surface area (Å²) in [5, 5.41) is 28.8. The molecule has 0 aliphatic carbocycles. The molecule has 1 fully saturated rings. The van der Waals surface area contributed by atoms with Crippen molar-refractivity contribution in [2.24, 2.45) is 0 Å². The first kappa shape index (κ1) is 19.1. The van der Waals surface area contributed by atoms with Crippen LogP contribution in [-0.4, -0.2) is 44.9 Å². The van der Waals surface area contributed by atoms with Gasteiger partial charge in [0.25, 0.3) is 5.56 Å². The predicted octanol–water partition coefficient (Wildman–Crippen LogP) is 2.04. The number of carboxylic acids is 1. The van der Waals surface area contributed by atoms with E-state index in [0.29, 0.717) is 42.1 Å². The Kier molecular flexibility index (Phi) is 5.05. The molecule has 0 amide bonds. The van der Waals surface area contributed by atoms with Crippen molar-refractivity contribution in [3.63, 3.8) is 0 Å². The maximum Gasteiger partial charge on any atom is 0.345 e. The number of fused-ring (bicyclic) bond motifs is 1. The lowest BCUT2D eigenvalue weighted by molar-refractivity contribution is 0.0702. The van der Waals surface area contributed by atoms with E-state index in [2.05, 4.69) is 11.1 Å². The molecule has 8 nitrogen and oxygen atoms in total. The van der Waals surface area contributed by atoms with Gasteiger partial charge in [-0.1, -0.05) is 18.2 Å². The summed E-state index contributed by atoms with van der Waals surface area (Å²) in [6, 6.07) is 10.6. The van der Waals surface area contributed by atoms with Crippen LogP contribution in [-0.2, 0) is 6.54 Å². The summed E-state index contributed by atoms with van der Waals surface area (Å²) < 4.78 is 1.73. The molecule has 1 unspecified atom stereocenters. The third-order valence-corrected chi connectivity index (χ3v) is 6.07. The predicted molar refractivity (Wildman–Crippen MR) is 109 cm³/mol. The molecule has 1 aliphatic rings. The van der Waals surface area contributed by atoms with Gasteiger partial charge in [-0.3, -0.25) is 9.36 Å². The van der Waals surface area contributed by atoms with Gasteiger partial charge in [0.2, 0.25) is 5.95 Å². The van der Waals surface area contributed by atoms with Crippen LogP contribution in [0.15, 0.2) is 35.1 Å². The van der Waals surface area contributed by atoms with Crippen molar-refractivity contribution in [3.05, 3.63) is 56.7 Å². The molecular weight excluding hydrogens is 392 g/mol. The summed E-state index contributed by atoms with van der Waals surface area (Å²) in [5.41, 5.74) is 1.11. The molecule has 148 valence electrons.